The van der Waals surface area contributed by atoms with Gasteiger partial charge in [-0.1, -0.05) is 12.8 Å². The molecule has 2 heterocycles. The maximum atomic E-state index is 12.8. The Balaban J connectivity index is 1.66. The monoisotopic (exact) mass is 306 g/mol. The molecule has 1 saturated carbocycles. The molecule has 6 heteroatoms. The molecule has 6 nitrogen and oxygen atoms in total. The van der Waals surface area contributed by atoms with E-state index in [1.165, 1.54) is 6.42 Å². The van der Waals surface area contributed by atoms with E-state index in [1.54, 1.807) is 13.3 Å². The molecule has 1 aliphatic carbocycles. The lowest BCUT2D eigenvalue weighted by Gasteiger charge is -2.37. The smallest absolute Gasteiger partial charge is 0.318 e. The van der Waals surface area contributed by atoms with Gasteiger partial charge < -0.3 is 19.9 Å². The second kappa shape index (κ2) is 7.13. The minimum Gasteiger partial charge on any atom is -0.379 e. The summed E-state index contributed by atoms with van der Waals surface area (Å²) < 4.78 is 5.54. The molecule has 0 bridgehead atoms. The molecule has 2 aliphatic rings. The van der Waals surface area contributed by atoms with Gasteiger partial charge in [0.1, 0.15) is 5.82 Å². The number of rotatable bonds is 3. The number of hydrogen-bond acceptors (Lipinski definition) is 3. The number of hydrogen-bond donors (Lipinski definition) is 2. The summed E-state index contributed by atoms with van der Waals surface area (Å²) >= 11 is 0. The molecule has 0 unspecified atom stereocenters. The van der Waals surface area contributed by atoms with Crippen molar-refractivity contribution in [2.75, 3.05) is 13.7 Å². The van der Waals surface area contributed by atoms with Gasteiger partial charge in [0.15, 0.2) is 0 Å². The van der Waals surface area contributed by atoms with Gasteiger partial charge in [0.2, 0.25) is 0 Å². The minimum absolute atomic E-state index is 0.0232. The van der Waals surface area contributed by atoms with Crippen LogP contribution in [0.3, 0.4) is 0 Å². The van der Waals surface area contributed by atoms with Crippen LogP contribution in [0, 0.1) is 0 Å². The highest BCUT2D eigenvalue weighted by Crippen LogP contribution is 2.29. The molecular formula is C16H26N4O2. The quantitative estimate of drug-likeness (QED) is 0.902. The first kappa shape index (κ1) is 15.3. The van der Waals surface area contributed by atoms with Gasteiger partial charge in [-0.2, -0.15) is 0 Å². The molecule has 2 N–H and O–H groups in total. The Bertz CT molecular complexity index is 477. The first-order chi connectivity index (χ1) is 10.8. The fraction of sp³-hybridized carbons (Fsp3) is 0.750. The maximum Gasteiger partial charge on any atom is 0.318 e. The van der Waals surface area contributed by atoms with Gasteiger partial charge in [-0.05, 0) is 32.1 Å². The largest absolute Gasteiger partial charge is 0.379 e. The lowest BCUT2D eigenvalue weighted by atomic mass is 9.92. The van der Waals surface area contributed by atoms with Crippen molar-refractivity contribution < 1.29 is 9.53 Å². The van der Waals surface area contributed by atoms with Gasteiger partial charge in [0.05, 0.1) is 18.2 Å². The van der Waals surface area contributed by atoms with Gasteiger partial charge in [-0.15, -0.1) is 0 Å². The number of methoxy groups -OCH3 is 1. The van der Waals surface area contributed by atoms with E-state index in [1.807, 2.05) is 11.1 Å². The number of carbonyl (C=O) groups is 1. The molecule has 1 aromatic rings. The summed E-state index contributed by atoms with van der Waals surface area (Å²) in [4.78, 5) is 22.2. The van der Waals surface area contributed by atoms with Crippen LogP contribution in [0.4, 0.5) is 4.79 Å². The number of imidazole rings is 1. The molecule has 3 rings (SSSR count). The Morgan fingerprint density at radius 2 is 2.14 bits per heavy atom. The summed E-state index contributed by atoms with van der Waals surface area (Å²) in [7, 11) is 1.74. The summed E-state index contributed by atoms with van der Waals surface area (Å²) in [5, 5.41) is 3.20. The van der Waals surface area contributed by atoms with Crippen LogP contribution in [0.1, 0.15) is 56.8 Å². The molecule has 0 spiro atoms. The first-order valence-electron chi connectivity index (χ1n) is 8.39. The lowest BCUT2D eigenvalue weighted by Crippen LogP contribution is -2.52. The highest BCUT2D eigenvalue weighted by atomic mass is 16.5. The second-order valence-corrected chi connectivity index (χ2v) is 6.29. The third kappa shape index (κ3) is 3.27. The van der Waals surface area contributed by atoms with Crippen LogP contribution in [0.2, 0.25) is 0 Å². The van der Waals surface area contributed by atoms with Gasteiger partial charge in [-0.3, -0.25) is 0 Å². The van der Waals surface area contributed by atoms with Crippen molar-refractivity contribution in [3.63, 3.8) is 0 Å². The minimum atomic E-state index is 0.0232. The molecule has 3 atom stereocenters. The van der Waals surface area contributed by atoms with E-state index in [-0.39, 0.29) is 24.2 Å². The molecular weight excluding hydrogens is 280 g/mol. The van der Waals surface area contributed by atoms with Crippen molar-refractivity contribution in [2.24, 2.45) is 0 Å². The average Bonchev–Trinajstić information content (AvgIpc) is 3.09. The van der Waals surface area contributed by atoms with Gasteiger partial charge in [-0.25, -0.2) is 9.78 Å². The summed E-state index contributed by atoms with van der Waals surface area (Å²) in [5.74, 6) is 0.891. The number of aromatic amines is 1. The number of amides is 2. The van der Waals surface area contributed by atoms with Crippen LogP contribution in [0.5, 0.6) is 0 Å². The van der Waals surface area contributed by atoms with Crippen molar-refractivity contribution in [3.8, 4) is 0 Å². The number of nitrogens with one attached hydrogen (secondary N) is 2. The number of ether oxygens (including phenoxy) is 1. The summed E-state index contributed by atoms with van der Waals surface area (Å²) in [6.45, 7) is 0.793. The zero-order valence-corrected chi connectivity index (χ0v) is 13.3. The molecule has 2 amide bonds. The number of aromatic nitrogens is 2. The molecule has 122 valence electrons. The van der Waals surface area contributed by atoms with Crippen LogP contribution >= 0.6 is 0 Å². The van der Waals surface area contributed by atoms with Crippen LogP contribution in [0.15, 0.2) is 12.4 Å². The first-order valence-corrected chi connectivity index (χ1v) is 8.39. The molecule has 1 aromatic heterocycles. The van der Waals surface area contributed by atoms with E-state index < -0.39 is 0 Å². The topological polar surface area (TPSA) is 70.2 Å². The third-order valence-corrected chi connectivity index (χ3v) is 4.91. The van der Waals surface area contributed by atoms with Crippen LogP contribution < -0.4 is 5.32 Å². The van der Waals surface area contributed by atoms with E-state index in [9.17, 15) is 4.79 Å². The predicted molar refractivity (Wildman–Crippen MR) is 83.5 cm³/mol. The van der Waals surface area contributed by atoms with E-state index >= 15 is 0 Å². The molecule has 0 radical (unpaired) electrons. The average molecular weight is 306 g/mol. The molecule has 1 saturated heterocycles. The van der Waals surface area contributed by atoms with Crippen LogP contribution in [-0.2, 0) is 4.74 Å². The van der Waals surface area contributed by atoms with Crippen molar-refractivity contribution >= 4 is 6.03 Å². The summed E-state index contributed by atoms with van der Waals surface area (Å²) in [6, 6.07) is 0.216. The zero-order chi connectivity index (χ0) is 15.4. The summed E-state index contributed by atoms with van der Waals surface area (Å²) in [5.41, 5.74) is 0. The standard InChI is InChI=1S/C16H26N4O2/c1-22-14-8-3-2-6-12(14)19-16(21)20-11-5-4-7-13(20)15-17-9-10-18-15/h9-10,12-14H,2-8,11H2,1H3,(H,17,18)(H,19,21)/t12-,13-,14-/m1/s1. The Morgan fingerprint density at radius 1 is 1.32 bits per heavy atom. The molecule has 1 aliphatic heterocycles. The van der Waals surface area contributed by atoms with E-state index in [4.69, 9.17) is 4.74 Å². The SMILES string of the molecule is CO[C@@H]1CCCC[C@H]1NC(=O)N1CCCC[C@@H]1c1ncc[nH]1. The van der Waals surface area contributed by atoms with Crippen LogP contribution in [-0.4, -0.2) is 46.7 Å². The number of nitrogens with zero attached hydrogens (tertiary/aromatic N) is 2. The van der Waals surface area contributed by atoms with E-state index in [0.717, 1.165) is 50.9 Å². The van der Waals surface area contributed by atoms with Crippen LogP contribution in [0.25, 0.3) is 0 Å². The fourth-order valence-corrected chi connectivity index (χ4v) is 3.70. The van der Waals surface area contributed by atoms with Crippen molar-refractivity contribution in [1.82, 2.24) is 20.2 Å². The highest BCUT2D eigenvalue weighted by Gasteiger charge is 2.33. The zero-order valence-electron chi connectivity index (χ0n) is 13.3. The Kier molecular flexibility index (Phi) is 4.97. The van der Waals surface area contributed by atoms with E-state index in [0.29, 0.717) is 0 Å². The fourth-order valence-electron chi connectivity index (χ4n) is 3.70. The Morgan fingerprint density at radius 3 is 2.91 bits per heavy atom. The second-order valence-electron chi connectivity index (χ2n) is 6.29. The predicted octanol–water partition coefficient (Wildman–Crippen LogP) is 2.60. The number of carbonyl (C=O) groups excluding carboxylic acids is 1. The molecule has 22 heavy (non-hydrogen) atoms. The third-order valence-electron chi connectivity index (χ3n) is 4.91. The van der Waals surface area contributed by atoms with Crippen molar-refractivity contribution in [1.29, 1.82) is 0 Å². The summed E-state index contributed by atoms with van der Waals surface area (Å²) in [6.07, 6.45) is 11.3. The number of urea groups is 1. The van der Waals surface area contributed by atoms with Gasteiger partial charge in [0.25, 0.3) is 0 Å². The normalized spacial score (nSPS) is 29.3. The highest BCUT2D eigenvalue weighted by molar-refractivity contribution is 5.75. The maximum absolute atomic E-state index is 12.8. The number of piperidine rings is 1. The van der Waals surface area contributed by atoms with Crippen molar-refractivity contribution in [3.05, 3.63) is 18.2 Å². The number of H-pyrrole nitrogens is 1. The van der Waals surface area contributed by atoms with E-state index in [2.05, 4.69) is 15.3 Å². The Labute approximate surface area is 131 Å². The van der Waals surface area contributed by atoms with Gasteiger partial charge >= 0.3 is 6.03 Å². The Hall–Kier alpha value is -1.56. The lowest BCUT2D eigenvalue weighted by molar-refractivity contribution is 0.0410. The molecule has 2 fully saturated rings. The number of likely N-dealkylation sites (tertiary alicyclic amines) is 1. The van der Waals surface area contributed by atoms with Crippen molar-refractivity contribution in [2.45, 2.75) is 63.1 Å². The molecule has 0 aromatic carbocycles. The van der Waals surface area contributed by atoms with Gasteiger partial charge in [0, 0.05) is 26.0 Å².